The van der Waals surface area contributed by atoms with Crippen LogP contribution in [-0.4, -0.2) is 33.0 Å². The first-order valence-electron chi connectivity index (χ1n) is 6.42. The van der Waals surface area contributed by atoms with Crippen molar-refractivity contribution in [3.05, 3.63) is 41.7 Å². The number of nitrogens with one attached hydrogen (secondary N) is 1. The van der Waals surface area contributed by atoms with Crippen LogP contribution in [0.1, 0.15) is 29.9 Å². The van der Waals surface area contributed by atoms with Crippen LogP contribution in [0.5, 0.6) is 0 Å². The number of aryl methyl sites for hydroxylation is 1. The zero-order valence-corrected chi connectivity index (χ0v) is 11.9. The van der Waals surface area contributed by atoms with Gasteiger partial charge in [-0.05, 0) is 38.5 Å². The average molecular weight is 273 g/mol. The monoisotopic (exact) mass is 273 g/mol. The third-order valence-corrected chi connectivity index (χ3v) is 2.70. The van der Waals surface area contributed by atoms with Crippen molar-refractivity contribution in [1.82, 2.24) is 20.3 Å². The third kappa shape index (κ3) is 3.64. The lowest BCUT2D eigenvalue weighted by molar-refractivity contribution is 0.0941. The summed E-state index contributed by atoms with van der Waals surface area (Å²) in [4.78, 5) is 11.9. The molecule has 106 valence electrons. The van der Waals surface area contributed by atoms with E-state index in [9.17, 15) is 4.79 Å². The van der Waals surface area contributed by atoms with E-state index in [1.165, 1.54) is 0 Å². The molecule has 2 rings (SSSR count). The van der Waals surface area contributed by atoms with Crippen molar-refractivity contribution in [2.45, 2.75) is 26.3 Å². The van der Waals surface area contributed by atoms with Crippen LogP contribution < -0.4 is 11.1 Å². The number of nitrogens with two attached hydrogens (primary N) is 1. The number of rotatable bonds is 4. The number of nitrogens with zero attached hydrogens (tertiary/aromatic N) is 3. The van der Waals surface area contributed by atoms with E-state index >= 15 is 0 Å². The Morgan fingerprint density at radius 2 is 2.20 bits per heavy atom. The number of hydrogen-bond donors (Lipinski definition) is 2. The summed E-state index contributed by atoms with van der Waals surface area (Å²) in [5.41, 5.74) is 7.63. The molecular formula is C14H19N5O. The minimum atomic E-state index is -0.456. The Labute approximate surface area is 118 Å². The topological polar surface area (TPSA) is 85.8 Å². The van der Waals surface area contributed by atoms with Crippen LogP contribution in [0.25, 0.3) is 5.69 Å². The van der Waals surface area contributed by atoms with Gasteiger partial charge in [-0.15, -0.1) is 5.10 Å². The highest BCUT2D eigenvalue weighted by Gasteiger charge is 2.16. The van der Waals surface area contributed by atoms with Crippen molar-refractivity contribution in [3.8, 4) is 5.69 Å². The first-order valence-corrected chi connectivity index (χ1v) is 6.42. The van der Waals surface area contributed by atoms with Gasteiger partial charge in [-0.1, -0.05) is 17.3 Å². The number of carbonyl (C=O) groups excluding carboxylic acids is 1. The number of hydrogen-bond acceptors (Lipinski definition) is 4. The van der Waals surface area contributed by atoms with Crippen molar-refractivity contribution in [2.24, 2.45) is 5.73 Å². The van der Waals surface area contributed by atoms with Gasteiger partial charge >= 0.3 is 0 Å². The normalized spacial score (nSPS) is 11.4. The summed E-state index contributed by atoms with van der Waals surface area (Å²) in [5, 5.41) is 10.6. The van der Waals surface area contributed by atoms with Gasteiger partial charge in [0.25, 0.3) is 5.91 Å². The summed E-state index contributed by atoms with van der Waals surface area (Å²) in [6.07, 6.45) is 1.60. The van der Waals surface area contributed by atoms with Crippen molar-refractivity contribution < 1.29 is 4.79 Å². The molecule has 0 aliphatic rings. The molecule has 0 unspecified atom stereocenters. The smallest absolute Gasteiger partial charge is 0.273 e. The van der Waals surface area contributed by atoms with Crippen LogP contribution in [-0.2, 0) is 0 Å². The molecule has 0 spiro atoms. The van der Waals surface area contributed by atoms with Crippen LogP contribution in [0.4, 0.5) is 0 Å². The van der Waals surface area contributed by atoms with Gasteiger partial charge in [-0.3, -0.25) is 4.79 Å². The second kappa shape index (κ2) is 5.42. The molecule has 20 heavy (non-hydrogen) atoms. The van der Waals surface area contributed by atoms with Gasteiger partial charge in [0, 0.05) is 12.1 Å². The van der Waals surface area contributed by atoms with E-state index in [-0.39, 0.29) is 11.6 Å². The predicted molar refractivity (Wildman–Crippen MR) is 76.7 cm³/mol. The van der Waals surface area contributed by atoms with Crippen LogP contribution in [0.15, 0.2) is 30.5 Å². The van der Waals surface area contributed by atoms with Crippen LogP contribution in [0, 0.1) is 6.92 Å². The molecule has 2 aromatic rings. The molecule has 0 aliphatic heterocycles. The summed E-state index contributed by atoms with van der Waals surface area (Å²) in [6, 6.07) is 7.81. The lowest BCUT2D eigenvalue weighted by Gasteiger charge is -2.18. The Morgan fingerprint density at radius 3 is 2.85 bits per heavy atom. The van der Waals surface area contributed by atoms with Gasteiger partial charge < -0.3 is 11.1 Å². The Bertz CT molecular complexity index is 612. The molecule has 1 amide bonds. The van der Waals surface area contributed by atoms with Gasteiger partial charge in [0.15, 0.2) is 5.69 Å². The summed E-state index contributed by atoms with van der Waals surface area (Å²) in [6.45, 7) is 6.06. The second-order valence-electron chi connectivity index (χ2n) is 5.56. The van der Waals surface area contributed by atoms with Crippen LogP contribution >= 0.6 is 0 Å². The fraction of sp³-hybridized carbons (Fsp3) is 0.357. The highest BCUT2D eigenvalue weighted by Crippen LogP contribution is 2.09. The molecule has 0 radical (unpaired) electrons. The lowest BCUT2D eigenvalue weighted by Crippen LogP contribution is -2.45. The minimum Gasteiger partial charge on any atom is -0.349 e. The molecule has 1 heterocycles. The average Bonchev–Trinajstić information content (AvgIpc) is 2.84. The molecule has 1 aromatic heterocycles. The third-order valence-electron chi connectivity index (χ3n) is 2.70. The maximum Gasteiger partial charge on any atom is 0.273 e. The van der Waals surface area contributed by atoms with Crippen molar-refractivity contribution in [3.63, 3.8) is 0 Å². The fourth-order valence-corrected chi connectivity index (χ4v) is 1.66. The first kappa shape index (κ1) is 14.2. The minimum absolute atomic E-state index is 0.274. The Balaban J connectivity index is 2.11. The molecule has 0 bridgehead atoms. The van der Waals surface area contributed by atoms with Crippen molar-refractivity contribution in [1.29, 1.82) is 0 Å². The number of aromatic nitrogens is 3. The molecule has 0 fully saturated rings. The number of benzene rings is 1. The Kier molecular flexibility index (Phi) is 3.85. The molecule has 6 nitrogen and oxygen atoms in total. The van der Waals surface area contributed by atoms with Crippen LogP contribution in [0.2, 0.25) is 0 Å². The lowest BCUT2D eigenvalue weighted by atomic mass is 10.1. The van der Waals surface area contributed by atoms with E-state index in [4.69, 9.17) is 5.73 Å². The molecular weight excluding hydrogens is 254 g/mol. The van der Waals surface area contributed by atoms with E-state index in [0.717, 1.165) is 11.3 Å². The second-order valence-corrected chi connectivity index (χ2v) is 5.56. The molecule has 0 aliphatic carbocycles. The van der Waals surface area contributed by atoms with Crippen LogP contribution in [0.3, 0.4) is 0 Å². The zero-order chi connectivity index (χ0) is 14.8. The van der Waals surface area contributed by atoms with Gasteiger partial charge in [0.2, 0.25) is 0 Å². The summed E-state index contributed by atoms with van der Waals surface area (Å²) >= 11 is 0. The van der Waals surface area contributed by atoms with E-state index in [0.29, 0.717) is 6.54 Å². The van der Waals surface area contributed by atoms with E-state index in [1.807, 2.05) is 45.0 Å². The Hall–Kier alpha value is -2.21. The maximum atomic E-state index is 11.9. The first-order chi connectivity index (χ1) is 9.35. The largest absolute Gasteiger partial charge is 0.349 e. The van der Waals surface area contributed by atoms with Crippen molar-refractivity contribution in [2.75, 3.05) is 6.54 Å². The van der Waals surface area contributed by atoms with Crippen molar-refractivity contribution >= 4 is 5.91 Å². The summed E-state index contributed by atoms with van der Waals surface area (Å²) < 4.78 is 1.58. The molecule has 6 heteroatoms. The molecule has 1 aromatic carbocycles. The molecule has 3 N–H and O–H groups in total. The number of carbonyl (C=O) groups is 1. The quantitative estimate of drug-likeness (QED) is 0.871. The van der Waals surface area contributed by atoms with E-state index in [1.54, 1.807) is 10.9 Å². The summed E-state index contributed by atoms with van der Waals surface area (Å²) in [7, 11) is 0. The standard InChI is InChI=1S/C14H19N5O/c1-10-5-4-6-11(7-10)19-8-12(17-18-19)13(20)16-9-14(2,3)15/h4-8H,9,15H2,1-3H3,(H,16,20). The molecule has 0 saturated carbocycles. The Morgan fingerprint density at radius 1 is 1.45 bits per heavy atom. The van der Waals surface area contributed by atoms with E-state index in [2.05, 4.69) is 15.6 Å². The van der Waals surface area contributed by atoms with Gasteiger partial charge in [-0.2, -0.15) is 0 Å². The van der Waals surface area contributed by atoms with Gasteiger partial charge in [0.05, 0.1) is 11.9 Å². The molecule has 0 atom stereocenters. The SMILES string of the molecule is Cc1cccc(-n2cc(C(=O)NCC(C)(C)N)nn2)c1. The van der Waals surface area contributed by atoms with Gasteiger partial charge in [-0.25, -0.2) is 4.68 Å². The van der Waals surface area contributed by atoms with Gasteiger partial charge in [0.1, 0.15) is 0 Å². The zero-order valence-electron chi connectivity index (χ0n) is 11.9. The number of amides is 1. The fourth-order valence-electron chi connectivity index (χ4n) is 1.66. The highest BCUT2D eigenvalue weighted by molar-refractivity contribution is 5.91. The maximum absolute atomic E-state index is 11.9. The highest BCUT2D eigenvalue weighted by atomic mass is 16.2. The summed E-state index contributed by atoms with van der Waals surface area (Å²) in [5.74, 6) is -0.276. The predicted octanol–water partition coefficient (Wildman–Crippen LogP) is 1.04. The van der Waals surface area contributed by atoms with E-state index < -0.39 is 5.54 Å². The molecule has 0 saturated heterocycles.